The van der Waals surface area contributed by atoms with Crippen LogP contribution in [-0.2, 0) is 19.4 Å². The fraction of sp³-hybridized carbons (Fsp3) is 0.500. The van der Waals surface area contributed by atoms with Gasteiger partial charge in [-0.05, 0) is 67.2 Å². The summed E-state index contributed by atoms with van der Waals surface area (Å²) in [6.45, 7) is 0. The lowest BCUT2D eigenvalue weighted by atomic mass is 9.96. The summed E-state index contributed by atoms with van der Waals surface area (Å²) in [5.41, 5.74) is 1.47. The van der Waals surface area contributed by atoms with Gasteiger partial charge < -0.3 is 5.11 Å². The third kappa shape index (κ3) is 3.34. The first kappa shape index (κ1) is 17.5. The van der Waals surface area contributed by atoms with Crippen LogP contribution in [0.2, 0.25) is 0 Å². The molecule has 3 saturated carbocycles. The van der Waals surface area contributed by atoms with Gasteiger partial charge in [-0.3, -0.25) is 4.79 Å². The molecule has 3 aliphatic rings. The van der Waals surface area contributed by atoms with Gasteiger partial charge in [-0.25, -0.2) is 13.2 Å². The van der Waals surface area contributed by atoms with Crippen molar-refractivity contribution in [3.63, 3.8) is 0 Å². The van der Waals surface area contributed by atoms with Crippen LogP contribution in [0.15, 0.2) is 29.2 Å². The molecule has 5 nitrogen and oxygen atoms in total. The molecule has 26 heavy (non-hydrogen) atoms. The number of carboxylic acids is 1. The first-order chi connectivity index (χ1) is 12.4. The van der Waals surface area contributed by atoms with Crippen LogP contribution in [-0.4, -0.2) is 30.5 Å². The average molecular weight is 374 g/mol. The Morgan fingerprint density at radius 2 is 1.85 bits per heavy atom. The van der Waals surface area contributed by atoms with E-state index in [1.807, 2.05) is 0 Å². The predicted molar refractivity (Wildman–Crippen MR) is 96.6 cm³/mol. The van der Waals surface area contributed by atoms with E-state index in [1.165, 1.54) is 0 Å². The second-order valence-electron chi connectivity index (χ2n) is 7.70. The minimum absolute atomic E-state index is 0.0483. The van der Waals surface area contributed by atoms with E-state index in [4.69, 9.17) is 0 Å². The van der Waals surface area contributed by atoms with E-state index in [1.54, 1.807) is 24.3 Å². The third-order valence-corrected chi connectivity index (χ3v) is 7.86. The number of rotatable bonds is 6. The molecule has 3 aliphatic carbocycles. The van der Waals surface area contributed by atoms with Crippen LogP contribution < -0.4 is 0 Å². The van der Waals surface area contributed by atoms with Crippen molar-refractivity contribution in [2.24, 2.45) is 5.92 Å². The normalized spacial score (nSPS) is 24.1. The van der Waals surface area contributed by atoms with Crippen molar-refractivity contribution in [3.8, 4) is 0 Å². The molecule has 0 aromatic heterocycles. The smallest absolute Gasteiger partial charge is 0.335 e. The van der Waals surface area contributed by atoms with E-state index in [-0.39, 0.29) is 28.4 Å². The number of hydrogen-bond donors (Lipinski definition) is 1. The first-order valence-electron chi connectivity index (χ1n) is 9.21. The number of hydrogen-bond acceptors (Lipinski definition) is 4. The van der Waals surface area contributed by atoms with Crippen molar-refractivity contribution in [2.45, 2.75) is 61.0 Å². The fourth-order valence-electron chi connectivity index (χ4n) is 3.76. The minimum atomic E-state index is -3.31. The van der Waals surface area contributed by atoms with Gasteiger partial charge in [-0.1, -0.05) is 12.1 Å². The maximum atomic E-state index is 12.7. The standard InChI is InChI=1S/C20H22O5S/c21-15-5-1-12(9-15)10-18(20(22)23)14-4-8-19(17(11-14)13-2-3-13)26(24,25)16-6-7-16/h4,8,10-13,16H,1-3,5-7,9H2,(H,22,23)/b18-10+. The molecular weight excluding hydrogens is 352 g/mol. The predicted octanol–water partition coefficient (Wildman–Crippen LogP) is 3.34. The molecule has 0 saturated heterocycles. The van der Waals surface area contributed by atoms with E-state index >= 15 is 0 Å². The molecule has 1 aromatic carbocycles. The Bertz CT molecular complexity index is 904. The molecule has 0 radical (unpaired) electrons. The molecule has 1 N–H and O–H groups in total. The molecule has 6 heteroatoms. The second kappa shape index (κ2) is 6.34. The van der Waals surface area contributed by atoms with Crippen molar-refractivity contribution in [3.05, 3.63) is 35.4 Å². The largest absolute Gasteiger partial charge is 0.478 e. The molecule has 1 unspecified atom stereocenters. The number of ketones is 1. The summed E-state index contributed by atoms with van der Waals surface area (Å²) in [6, 6.07) is 4.95. The van der Waals surface area contributed by atoms with Gasteiger partial charge in [0, 0.05) is 12.8 Å². The molecule has 4 rings (SSSR count). The third-order valence-electron chi connectivity index (χ3n) is 5.52. The number of allylic oxidation sites excluding steroid dienone is 1. The van der Waals surface area contributed by atoms with Crippen molar-refractivity contribution < 1.29 is 23.1 Å². The lowest BCUT2D eigenvalue weighted by molar-refractivity contribution is -0.130. The quantitative estimate of drug-likeness (QED) is 0.772. The number of sulfone groups is 1. The van der Waals surface area contributed by atoms with Gasteiger partial charge in [0.25, 0.3) is 0 Å². The van der Waals surface area contributed by atoms with Crippen LogP contribution in [0.4, 0.5) is 0 Å². The molecule has 1 aromatic rings. The molecule has 0 spiro atoms. The Kier molecular flexibility index (Phi) is 4.26. The van der Waals surface area contributed by atoms with Crippen molar-refractivity contribution in [2.75, 3.05) is 0 Å². The number of carbonyl (C=O) groups is 2. The fourth-order valence-corrected chi connectivity index (χ4v) is 5.69. The van der Waals surface area contributed by atoms with Crippen molar-refractivity contribution in [1.29, 1.82) is 0 Å². The van der Waals surface area contributed by atoms with Crippen LogP contribution in [0.25, 0.3) is 5.57 Å². The number of aliphatic carboxylic acids is 1. The molecule has 1 atom stereocenters. The number of carbonyl (C=O) groups excluding carboxylic acids is 1. The first-order valence-corrected chi connectivity index (χ1v) is 10.8. The van der Waals surface area contributed by atoms with Gasteiger partial charge in [0.15, 0.2) is 9.84 Å². The summed E-state index contributed by atoms with van der Waals surface area (Å²) < 4.78 is 25.4. The zero-order valence-electron chi connectivity index (χ0n) is 14.5. The molecule has 0 aliphatic heterocycles. The van der Waals surface area contributed by atoms with E-state index in [0.29, 0.717) is 42.6 Å². The highest BCUT2D eigenvalue weighted by atomic mass is 32.2. The average Bonchev–Trinajstić information content (AvgIpc) is 3.49. The Morgan fingerprint density at radius 1 is 1.12 bits per heavy atom. The second-order valence-corrected chi connectivity index (χ2v) is 9.89. The highest BCUT2D eigenvalue weighted by Gasteiger charge is 2.40. The Balaban J connectivity index is 1.74. The summed E-state index contributed by atoms with van der Waals surface area (Å²) in [5, 5.41) is 9.38. The topological polar surface area (TPSA) is 88.5 Å². The van der Waals surface area contributed by atoms with Gasteiger partial charge in [-0.15, -0.1) is 0 Å². The van der Waals surface area contributed by atoms with E-state index in [0.717, 1.165) is 18.4 Å². The maximum absolute atomic E-state index is 12.7. The van der Waals surface area contributed by atoms with Gasteiger partial charge >= 0.3 is 5.97 Å². The van der Waals surface area contributed by atoms with Crippen LogP contribution in [0.5, 0.6) is 0 Å². The van der Waals surface area contributed by atoms with Gasteiger partial charge in [0.2, 0.25) is 0 Å². The van der Waals surface area contributed by atoms with Crippen LogP contribution in [0.1, 0.15) is 62.0 Å². The minimum Gasteiger partial charge on any atom is -0.478 e. The van der Waals surface area contributed by atoms with Crippen LogP contribution in [0, 0.1) is 5.92 Å². The maximum Gasteiger partial charge on any atom is 0.335 e. The lowest BCUT2D eigenvalue weighted by Gasteiger charge is -2.13. The van der Waals surface area contributed by atoms with Crippen molar-refractivity contribution in [1.82, 2.24) is 0 Å². The number of Topliss-reactive ketones (excluding diaryl/α,β-unsaturated/α-hetero) is 1. The summed E-state index contributed by atoms with van der Waals surface area (Å²) in [6.07, 6.45) is 6.56. The number of carboxylic acid groups (broad SMARTS) is 1. The van der Waals surface area contributed by atoms with E-state index in [9.17, 15) is 23.1 Å². The summed E-state index contributed by atoms with van der Waals surface area (Å²) >= 11 is 0. The molecule has 0 amide bonds. The monoisotopic (exact) mass is 374 g/mol. The van der Waals surface area contributed by atoms with E-state index < -0.39 is 15.8 Å². The molecule has 0 bridgehead atoms. The summed E-state index contributed by atoms with van der Waals surface area (Å²) in [7, 11) is -3.31. The highest BCUT2D eigenvalue weighted by molar-refractivity contribution is 7.92. The van der Waals surface area contributed by atoms with Crippen molar-refractivity contribution >= 4 is 27.2 Å². The molecule has 138 valence electrons. The number of benzene rings is 1. The zero-order valence-corrected chi connectivity index (χ0v) is 15.3. The molecule has 0 heterocycles. The van der Waals surface area contributed by atoms with Crippen LogP contribution >= 0.6 is 0 Å². The molecule has 3 fully saturated rings. The summed E-state index contributed by atoms with van der Waals surface area (Å²) in [5.74, 6) is -0.709. The zero-order chi connectivity index (χ0) is 18.5. The summed E-state index contributed by atoms with van der Waals surface area (Å²) in [4.78, 5) is 23.7. The van der Waals surface area contributed by atoms with Gasteiger partial charge in [-0.2, -0.15) is 0 Å². The lowest BCUT2D eigenvalue weighted by Crippen LogP contribution is -2.11. The Labute approximate surface area is 153 Å². The highest BCUT2D eigenvalue weighted by Crippen LogP contribution is 2.46. The van der Waals surface area contributed by atoms with Crippen LogP contribution in [0.3, 0.4) is 0 Å². The Hall–Kier alpha value is -1.95. The van der Waals surface area contributed by atoms with Gasteiger partial charge in [0.05, 0.1) is 15.7 Å². The molecular formula is C20H22O5S. The van der Waals surface area contributed by atoms with Gasteiger partial charge in [0.1, 0.15) is 5.78 Å². The Morgan fingerprint density at radius 3 is 2.38 bits per heavy atom. The van der Waals surface area contributed by atoms with E-state index in [2.05, 4.69) is 0 Å². The SMILES string of the molecule is O=C1CCC(/C=C(/C(=O)O)c2ccc(S(=O)(=O)C3CC3)c(C3CC3)c2)C1.